The van der Waals surface area contributed by atoms with E-state index in [4.69, 9.17) is 10.5 Å². The second kappa shape index (κ2) is 9.81. The molecule has 10 heteroatoms. The average Bonchev–Trinajstić information content (AvgIpc) is 2.82. The van der Waals surface area contributed by atoms with Crippen LogP contribution in [0.15, 0.2) is 48.5 Å². The van der Waals surface area contributed by atoms with Gasteiger partial charge in [-0.05, 0) is 61.9 Å². The molecule has 1 amide bonds. The van der Waals surface area contributed by atoms with Gasteiger partial charge in [0.25, 0.3) is 0 Å². The number of carbonyl (C=O) groups is 1. The molecule has 3 rings (SSSR count). The summed E-state index contributed by atoms with van der Waals surface area (Å²) in [5.41, 5.74) is 2.58. The number of hydrogen-bond acceptors (Lipinski definition) is 3. The van der Waals surface area contributed by atoms with Gasteiger partial charge >= 0.3 is 12.4 Å². The van der Waals surface area contributed by atoms with Gasteiger partial charge in [-0.3, -0.25) is 4.79 Å². The van der Waals surface area contributed by atoms with Crippen LogP contribution in [-0.2, 0) is 27.3 Å². The maximum atomic E-state index is 13.3. The number of rotatable bonds is 6. The van der Waals surface area contributed by atoms with Gasteiger partial charge in [0.15, 0.2) is 0 Å². The van der Waals surface area contributed by atoms with Gasteiger partial charge in [0.1, 0.15) is 0 Å². The largest absolute Gasteiger partial charge is 0.416 e. The molecule has 0 aliphatic heterocycles. The zero-order valence-electron chi connectivity index (χ0n) is 19.4. The third-order valence-electron chi connectivity index (χ3n) is 6.85. The summed E-state index contributed by atoms with van der Waals surface area (Å²) in [6.07, 6.45) is -9.29. The van der Waals surface area contributed by atoms with E-state index in [1.165, 1.54) is 14.0 Å². The number of amides is 1. The van der Waals surface area contributed by atoms with Crippen molar-refractivity contribution in [1.29, 1.82) is 0 Å². The van der Waals surface area contributed by atoms with Crippen LogP contribution in [0.2, 0.25) is 0 Å². The molecule has 35 heavy (non-hydrogen) atoms. The molecular formula is C25H28F6N2O2. The molecule has 1 aliphatic rings. The normalized spacial score (nSPS) is 24.1. The first-order valence-corrected chi connectivity index (χ1v) is 11.2. The predicted molar refractivity (Wildman–Crippen MR) is 118 cm³/mol. The van der Waals surface area contributed by atoms with Crippen molar-refractivity contribution in [3.05, 3.63) is 70.8 Å². The lowest BCUT2D eigenvalue weighted by molar-refractivity contribution is -0.143. The second-order valence-electron chi connectivity index (χ2n) is 9.17. The van der Waals surface area contributed by atoms with Gasteiger partial charge < -0.3 is 15.8 Å². The van der Waals surface area contributed by atoms with Crippen molar-refractivity contribution in [2.24, 2.45) is 5.73 Å². The van der Waals surface area contributed by atoms with Crippen LogP contribution in [0.3, 0.4) is 0 Å². The fourth-order valence-corrected chi connectivity index (χ4v) is 4.55. The molecule has 1 atom stereocenters. The van der Waals surface area contributed by atoms with E-state index in [2.05, 4.69) is 5.32 Å². The molecule has 0 saturated heterocycles. The summed E-state index contributed by atoms with van der Waals surface area (Å²) in [7, 11) is 1.51. The number of nitrogens with two attached hydrogens (primary N) is 1. The van der Waals surface area contributed by atoms with Gasteiger partial charge in [-0.25, -0.2) is 0 Å². The fourth-order valence-electron chi connectivity index (χ4n) is 4.55. The molecule has 1 aliphatic carbocycles. The summed E-state index contributed by atoms with van der Waals surface area (Å²) in [4.78, 5) is 12.3. The Morgan fingerprint density at radius 2 is 1.49 bits per heavy atom. The van der Waals surface area contributed by atoms with Gasteiger partial charge in [0, 0.05) is 12.5 Å². The number of hydrogen-bond donors (Lipinski definition) is 2. The van der Waals surface area contributed by atoms with Crippen LogP contribution in [0.1, 0.15) is 61.0 Å². The Kier molecular flexibility index (Phi) is 7.57. The average molecular weight is 502 g/mol. The van der Waals surface area contributed by atoms with E-state index in [1.807, 2.05) is 30.3 Å². The zero-order chi connectivity index (χ0) is 26.1. The lowest BCUT2D eigenvalue weighted by Gasteiger charge is -2.44. The zero-order valence-corrected chi connectivity index (χ0v) is 19.4. The summed E-state index contributed by atoms with van der Waals surface area (Å²) in [5, 5.41) is 2.57. The molecule has 3 N–H and O–H groups in total. The Balaban J connectivity index is 1.88. The molecular weight excluding hydrogens is 474 g/mol. The molecule has 1 fully saturated rings. The highest BCUT2D eigenvalue weighted by Crippen LogP contribution is 2.44. The molecule has 1 saturated carbocycles. The highest BCUT2D eigenvalue weighted by atomic mass is 19.4. The van der Waals surface area contributed by atoms with E-state index < -0.39 is 40.5 Å². The first-order valence-electron chi connectivity index (χ1n) is 11.2. The minimum Gasteiger partial charge on any atom is -0.373 e. The van der Waals surface area contributed by atoms with Gasteiger partial charge in [-0.2, -0.15) is 26.3 Å². The number of carbonyl (C=O) groups excluding carboxylic acids is 1. The second-order valence-corrected chi connectivity index (χ2v) is 9.17. The SMILES string of the molecule is CNC(=O)C1(N)CCC(COC(C)c2cc(C(F)(F)F)cc(C(F)(F)F)c2)(c2ccccc2)CC1. The minimum absolute atomic E-state index is 0.0413. The molecule has 1 unspecified atom stereocenters. The molecule has 2 aromatic rings. The lowest BCUT2D eigenvalue weighted by Crippen LogP contribution is -2.57. The number of nitrogens with one attached hydrogen (secondary N) is 1. The Hall–Kier alpha value is -2.59. The Morgan fingerprint density at radius 3 is 1.94 bits per heavy atom. The maximum Gasteiger partial charge on any atom is 0.416 e. The van der Waals surface area contributed by atoms with Crippen LogP contribution in [-0.4, -0.2) is 25.1 Å². The number of alkyl halides is 6. The van der Waals surface area contributed by atoms with Crippen molar-refractivity contribution in [1.82, 2.24) is 5.32 Å². The molecule has 0 spiro atoms. The number of halogens is 6. The van der Waals surface area contributed by atoms with E-state index >= 15 is 0 Å². The Morgan fingerprint density at radius 1 is 0.971 bits per heavy atom. The number of likely N-dealkylation sites (N-methyl/N-ethyl adjacent to an activating group) is 1. The molecule has 0 heterocycles. The highest BCUT2D eigenvalue weighted by molar-refractivity contribution is 5.86. The summed E-state index contributed by atoms with van der Waals surface area (Å²) in [6, 6.07) is 10.8. The number of ether oxygens (including phenoxy) is 1. The van der Waals surface area contributed by atoms with Gasteiger partial charge in [0.2, 0.25) is 5.91 Å². The summed E-state index contributed by atoms with van der Waals surface area (Å²) >= 11 is 0. The highest BCUT2D eigenvalue weighted by Gasteiger charge is 2.46. The predicted octanol–water partition coefficient (Wildman–Crippen LogP) is 5.76. The lowest BCUT2D eigenvalue weighted by atomic mass is 9.64. The molecule has 0 radical (unpaired) electrons. The fraction of sp³-hybridized carbons (Fsp3) is 0.480. The molecule has 192 valence electrons. The number of benzene rings is 2. The van der Waals surface area contributed by atoms with Crippen LogP contribution >= 0.6 is 0 Å². The van der Waals surface area contributed by atoms with E-state index in [0.717, 1.165) is 5.56 Å². The van der Waals surface area contributed by atoms with Crippen LogP contribution < -0.4 is 11.1 Å². The van der Waals surface area contributed by atoms with E-state index in [9.17, 15) is 31.1 Å². The standard InChI is InChI=1S/C25H28F6N2O2/c1-16(17-12-19(24(26,27)28)14-20(13-17)25(29,30)31)35-15-22(18-6-4-3-5-7-18)8-10-23(32,11-9-22)21(34)33-2/h3-7,12-14,16H,8-11,15,32H2,1-2H3,(H,33,34). The van der Waals surface area contributed by atoms with Crippen LogP contribution in [0.5, 0.6) is 0 Å². The van der Waals surface area contributed by atoms with E-state index in [1.54, 1.807) is 0 Å². The maximum absolute atomic E-state index is 13.3. The van der Waals surface area contributed by atoms with E-state index in [-0.39, 0.29) is 24.1 Å². The molecule has 0 aromatic heterocycles. The van der Waals surface area contributed by atoms with Crippen LogP contribution in [0.4, 0.5) is 26.3 Å². The quantitative estimate of drug-likeness (QED) is 0.494. The van der Waals surface area contributed by atoms with E-state index in [0.29, 0.717) is 37.8 Å². The molecule has 2 aromatic carbocycles. The van der Waals surface area contributed by atoms with Crippen molar-refractivity contribution in [3.8, 4) is 0 Å². The van der Waals surface area contributed by atoms with Gasteiger partial charge in [-0.1, -0.05) is 30.3 Å². The third-order valence-corrected chi connectivity index (χ3v) is 6.85. The third kappa shape index (κ3) is 5.98. The summed E-state index contributed by atoms with van der Waals surface area (Å²) < 4.78 is 85.6. The Labute approximate surface area is 199 Å². The summed E-state index contributed by atoms with van der Waals surface area (Å²) in [5.74, 6) is -0.280. The minimum atomic E-state index is -4.94. The first kappa shape index (κ1) is 27.0. The van der Waals surface area contributed by atoms with Gasteiger partial charge in [-0.15, -0.1) is 0 Å². The molecule has 0 bridgehead atoms. The van der Waals surface area contributed by atoms with Crippen LogP contribution in [0.25, 0.3) is 0 Å². The monoisotopic (exact) mass is 502 g/mol. The van der Waals surface area contributed by atoms with Crippen molar-refractivity contribution >= 4 is 5.91 Å². The van der Waals surface area contributed by atoms with Crippen LogP contribution in [0, 0.1) is 0 Å². The van der Waals surface area contributed by atoms with Gasteiger partial charge in [0.05, 0.1) is 29.4 Å². The van der Waals surface area contributed by atoms with Crippen molar-refractivity contribution in [3.63, 3.8) is 0 Å². The molecule has 4 nitrogen and oxygen atoms in total. The van der Waals surface area contributed by atoms with Crippen molar-refractivity contribution in [2.45, 2.75) is 62.0 Å². The summed E-state index contributed by atoms with van der Waals surface area (Å²) in [6.45, 7) is 1.47. The smallest absolute Gasteiger partial charge is 0.373 e. The first-order chi connectivity index (χ1) is 16.2. The Bertz CT molecular complexity index is 996. The van der Waals surface area contributed by atoms with Crippen molar-refractivity contribution < 1.29 is 35.9 Å². The topological polar surface area (TPSA) is 64.4 Å². The van der Waals surface area contributed by atoms with Crippen molar-refractivity contribution in [2.75, 3.05) is 13.7 Å².